The topological polar surface area (TPSA) is 58.4 Å². The summed E-state index contributed by atoms with van der Waals surface area (Å²) in [7, 11) is -3.53. The average molecular weight is 370 g/mol. The van der Waals surface area contributed by atoms with E-state index in [1.807, 2.05) is 4.90 Å². The van der Waals surface area contributed by atoms with Crippen LogP contribution in [-0.4, -0.2) is 53.4 Å². The number of imidazole rings is 1. The lowest BCUT2D eigenvalue weighted by atomic mass is 10.4. The van der Waals surface area contributed by atoms with Gasteiger partial charge in [0.05, 0.1) is 11.4 Å². The van der Waals surface area contributed by atoms with E-state index in [0.717, 1.165) is 4.57 Å². The standard InChI is InChI=1S/C16H20F2N4O2S/c17-16(18)22-10-7-19-15(22)13-20-8-4-9-21(12-11-20)25(23,24)14-5-2-1-3-6-14/h1-3,5-7,10,16H,4,8-9,11-13H2. The molecule has 1 aromatic carbocycles. The second-order valence-corrected chi connectivity index (χ2v) is 7.81. The molecule has 0 radical (unpaired) electrons. The van der Waals surface area contributed by atoms with Gasteiger partial charge in [0, 0.05) is 32.0 Å². The smallest absolute Gasteiger partial charge is 0.295 e. The molecule has 1 saturated heterocycles. The van der Waals surface area contributed by atoms with Gasteiger partial charge in [-0.3, -0.25) is 9.47 Å². The Morgan fingerprint density at radius 1 is 1.08 bits per heavy atom. The molecule has 0 N–H and O–H groups in total. The molecule has 6 nitrogen and oxygen atoms in total. The minimum Gasteiger partial charge on any atom is -0.295 e. The molecule has 0 saturated carbocycles. The molecule has 0 atom stereocenters. The third-order valence-electron chi connectivity index (χ3n) is 4.25. The van der Waals surface area contributed by atoms with Crippen LogP contribution in [0, 0.1) is 0 Å². The van der Waals surface area contributed by atoms with Gasteiger partial charge in [-0.15, -0.1) is 0 Å². The SMILES string of the molecule is O=S(=O)(c1ccccc1)N1CCCN(Cc2nccn2C(F)F)CC1. The van der Waals surface area contributed by atoms with E-state index in [0.29, 0.717) is 32.6 Å². The van der Waals surface area contributed by atoms with Crippen molar-refractivity contribution in [1.29, 1.82) is 0 Å². The Bertz CT molecular complexity index is 795. The third-order valence-corrected chi connectivity index (χ3v) is 6.17. The summed E-state index contributed by atoms with van der Waals surface area (Å²) < 4.78 is 53.5. The van der Waals surface area contributed by atoms with Crippen LogP contribution in [0.5, 0.6) is 0 Å². The van der Waals surface area contributed by atoms with Gasteiger partial charge in [-0.2, -0.15) is 13.1 Å². The fraction of sp³-hybridized carbons (Fsp3) is 0.438. The summed E-state index contributed by atoms with van der Waals surface area (Å²) in [6, 6.07) is 8.32. The Morgan fingerprint density at radius 2 is 1.84 bits per heavy atom. The number of aromatic nitrogens is 2. The van der Waals surface area contributed by atoms with Crippen LogP contribution in [0.25, 0.3) is 0 Å². The normalized spacial score (nSPS) is 17.7. The molecule has 0 amide bonds. The number of halogens is 2. The second kappa shape index (κ2) is 7.59. The summed E-state index contributed by atoms with van der Waals surface area (Å²) >= 11 is 0. The first kappa shape index (κ1) is 18.0. The lowest BCUT2D eigenvalue weighted by Gasteiger charge is -2.21. The average Bonchev–Trinajstić information content (AvgIpc) is 2.93. The van der Waals surface area contributed by atoms with Crippen LogP contribution in [-0.2, 0) is 16.6 Å². The highest BCUT2D eigenvalue weighted by molar-refractivity contribution is 7.89. The lowest BCUT2D eigenvalue weighted by Crippen LogP contribution is -2.35. The molecule has 1 fully saturated rings. The van der Waals surface area contributed by atoms with Crippen molar-refractivity contribution >= 4 is 10.0 Å². The van der Waals surface area contributed by atoms with Gasteiger partial charge < -0.3 is 0 Å². The monoisotopic (exact) mass is 370 g/mol. The molecule has 1 aliphatic heterocycles. The summed E-state index contributed by atoms with van der Waals surface area (Å²) in [5.41, 5.74) is 0. The van der Waals surface area contributed by atoms with E-state index >= 15 is 0 Å². The Hall–Kier alpha value is -1.84. The molecular weight excluding hydrogens is 350 g/mol. The minimum atomic E-state index is -3.53. The largest absolute Gasteiger partial charge is 0.319 e. The molecule has 0 unspecified atom stereocenters. The molecule has 2 heterocycles. The zero-order chi connectivity index (χ0) is 17.9. The van der Waals surface area contributed by atoms with Crippen molar-refractivity contribution in [3.8, 4) is 0 Å². The van der Waals surface area contributed by atoms with E-state index in [1.54, 1.807) is 30.3 Å². The number of sulfonamides is 1. The van der Waals surface area contributed by atoms with E-state index in [-0.39, 0.29) is 17.3 Å². The molecule has 0 spiro atoms. The van der Waals surface area contributed by atoms with Crippen LogP contribution < -0.4 is 0 Å². The Morgan fingerprint density at radius 3 is 2.56 bits per heavy atom. The summed E-state index contributed by atoms with van der Waals surface area (Å²) in [5.74, 6) is 0.286. The van der Waals surface area contributed by atoms with Crippen molar-refractivity contribution in [3.63, 3.8) is 0 Å². The van der Waals surface area contributed by atoms with Crippen LogP contribution in [0.3, 0.4) is 0 Å². The van der Waals surface area contributed by atoms with Crippen molar-refractivity contribution < 1.29 is 17.2 Å². The molecule has 3 rings (SSSR count). The van der Waals surface area contributed by atoms with Crippen LogP contribution in [0.1, 0.15) is 18.8 Å². The molecule has 136 valence electrons. The molecule has 2 aromatic rings. The van der Waals surface area contributed by atoms with Gasteiger partial charge in [0.15, 0.2) is 0 Å². The minimum absolute atomic E-state index is 0.274. The van der Waals surface area contributed by atoms with Crippen molar-refractivity contribution in [1.82, 2.24) is 18.8 Å². The fourth-order valence-corrected chi connectivity index (χ4v) is 4.42. The maximum absolute atomic E-state index is 12.9. The van der Waals surface area contributed by atoms with Gasteiger partial charge >= 0.3 is 6.55 Å². The van der Waals surface area contributed by atoms with E-state index in [9.17, 15) is 17.2 Å². The molecular formula is C16H20F2N4O2S. The predicted octanol–water partition coefficient (Wildman–Crippen LogP) is 2.17. The van der Waals surface area contributed by atoms with Crippen molar-refractivity contribution in [2.45, 2.75) is 24.4 Å². The number of hydrogen-bond acceptors (Lipinski definition) is 4. The van der Waals surface area contributed by atoms with E-state index in [2.05, 4.69) is 4.98 Å². The predicted molar refractivity (Wildman–Crippen MR) is 88.6 cm³/mol. The zero-order valence-corrected chi connectivity index (χ0v) is 14.4. The second-order valence-electron chi connectivity index (χ2n) is 5.88. The number of hydrogen-bond donors (Lipinski definition) is 0. The van der Waals surface area contributed by atoms with Crippen molar-refractivity contribution in [3.05, 3.63) is 48.5 Å². The Labute approximate surface area is 145 Å². The van der Waals surface area contributed by atoms with E-state index in [4.69, 9.17) is 0 Å². The first-order valence-corrected chi connectivity index (χ1v) is 9.50. The van der Waals surface area contributed by atoms with Gasteiger partial charge in [-0.25, -0.2) is 13.4 Å². The molecule has 1 aliphatic rings. The quantitative estimate of drug-likeness (QED) is 0.809. The summed E-state index contributed by atoms with van der Waals surface area (Å²) in [6.07, 6.45) is 3.25. The Kier molecular flexibility index (Phi) is 5.45. The first-order chi connectivity index (χ1) is 12.0. The molecule has 9 heteroatoms. The first-order valence-electron chi connectivity index (χ1n) is 8.06. The highest BCUT2D eigenvalue weighted by Gasteiger charge is 2.27. The number of alkyl halides is 2. The zero-order valence-electron chi connectivity index (χ0n) is 13.6. The van der Waals surface area contributed by atoms with Crippen molar-refractivity contribution in [2.75, 3.05) is 26.2 Å². The molecule has 0 bridgehead atoms. The van der Waals surface area contributed by atoms with E-state index < -0.39 is 16.6 Å². The summed E-state index contributed by atoms with van der Waals surface area (Å²) in [4.78, 5) is 6.22. The van der Waals surface area contributed by atoms with Gasteiger partial charge in [-0.1, -0.05) is 18.2 Å². The van der Waals surface area contributed by atoms with Gasteiger partial charge in [-0.05, 0) is 25.1 Å². The van der Waals surface area contributed by atoms with Crippen molar-refractivity contribution in [2.24, 2.45) is 0 Å². The number of nitrogens with zero attached hydrogens (tertiary/aromatic N) is 4. The highest BCUT2D eigenvalue weighted by Crippen LogP contribution is 2.19. The summed E-state index contributed by atoms with van der Waals surface area (Å²) in [6.45, 7) is -0.501. The molecule has 0 aliphatic carbocycles. The van der Waals surface area contributed by atoms with E-state index in [1.165, 1.54) is 16.7 Å². The number of benzene rings is 1. The maximum atomic E-state index is 12.9. The number of rotatable bonds is 5. The van der Waals surface area contributed by atoms with Crippen LogP contribution in [0.4, 0.5) is 8.78 Å². The summed E-state index contributed by atoms with van der Waals surface area (Å²) in [5, 5.41) is 0. The molecule has 1 aromatic heterocycles. The van der Waals surface area contributed by atoms with Gasteiger partial charge in [0.1, 0.15) is 5.82 Å². The maximum Gasteiger partial charge on any atom is 0.319 e. The Balaban J connectivity index is 1.67. The highest BCUT2D eigenvalue weighted by atomic mass is 32.2. The fourth-order valence-electron chi connectivity index (χ4n) is 2.93. The van der Waals surface area contributed by atoms with Crippen LogP contribution >= 0.6 is 0 Å². The van der Waals surface area contributed by atoms with Crippen LogP contribution in [0.15, 0.2) is 47.6 Å². The van der Waals surface area contributed by atoms with Gasteiger partial charge in [0.25, 0.3) is 0 Å². The van der Waals surface area contributed by atoms with Crippen LogP contribution in [0.2, 0.25) is 0 Å². The lowest BCUT2D eigenvalue weighted by molar-refractivity contribution is 0.0640. The third kappa shape index (κ3) is 4.05. The van der Waals surface area contributed by atoms with Gasteiger partial charge in [0.2, 0.25) is 10.0 Å². The molecule has 25 heavy (non-hydrogen) atoms.